The Morgan fingerprint density at radius 3 is 1.83 bits per heavy atom. The van der Waals surface area contributed by atoms with Crippen molar-refractivity contribution >= 4 is 24.0 Å². The molecule has 0 spiro atoms. The Morgan fingerprint density at radius 1 is 0.714 bits per heavy atom. The fourth-order valence-electron chi connectivity index (χ4n) is 3.11. The van der Waals surface area contributed by atoms with Gasteiger partial charge in [-0.05, 0) is 47.5 Å². The van der Waals surface area contributed by atoms with Gasteiger partial charge in [0.25, 0.3) is 5.69 Å². The molecule has 0 atom stereocenters. The lowest BCUT2D eigenvalue weighted by Gasteiger charge is -2.13. The standard InChI is InChI=1S/C25H23NO9/c1-30-20-12-7-16(5-6-17-14-22(31-2)24(33-4)23(15-17)32-3)13-21(20)35-25(27)34-19-10-8-18(9-11-19)26(28)29/h5-15H,1-4H3/b6-5-. The number of hydrogen-bond donors (Lipinski definition) is 0. The minimum atomic E-state index is -1.03. The highest BCUT2D eigenvalue weighted by molar-refractivity contribution is 5.75. The van der Waals surface area contributed by atoms with Gasteiger partial charge in [0.15, 0.2) is 23.0 Å². The van der Waals surface area contributed by atoms with Gasteiger partial charge in [-0.15, -0.1) is 0 Å². The lowest BCUT2D eigenvalue weighted by Crippen LogP contribution is -2.14. The smallest absolute Gasteiger partial charge is 0.493 e. The highest BCUT2D eigenvalue weighted by atomic mass is 16.7. The van der Waals surface area contributed by atoms with E-state index in [4.69, 9.17) is 28.4 Å². The molecule has 3 aromatic rings. The molecule has 3 rings (SSSR count). The van der Waals surface area contributed by atoms with Crippen LogP contribution >= 0.6 is 0 Å². The first kappa shape index (κ1) is 24.9. The number of nitro benzene ring substituents is 1. The summed E-state index contributed by atoms with van der Waals surface area (Å²) >= 11 is 0. The Balaban J connectivity index is 1.79. The average Bonchev–Trinajstić information content (AvgIpc) is 2.87. The predicted molar refractivity (Wildman–Crippen MR) is 128 cm³/mol. The van der Waals surface area contributed by atoms with Crippen LogP contribution in [0.5, 0.6) is 34.5 Å². The molecule has 0 bridgehead atoms. The molecule has 10 heteroatoms. The van der Waals surface area contributed by atoms with Crippen LogP contribution in [0.4, 0.5) is 10.5 Å². The lowest BCUT2D eigenvalue weighted by atomic mass is 10.1. The Morgan fingerprint density at radius 2 is 1.29 bits per heavy atom. The zero-order chi connectivity index (χ0) is 25.4. The van der Waals surface area contributed by atoms with Crippen molar-refractivity contribution in [3.63, 3.8) is 0 Å². The van der Waals surface area contributed by atoms with E-state index in [1.54, 1.807) is 36.4 Å². The third-order valence-electron chi connectivity index (χ3n) is 4.78. The Labute approximate surface area is 201 Å². The number of non-ortho nitro benzene ring substituents is 1. The number of rotatable bonds is 9. The van der Waals surface area contributed by atoms with Crippen molar-refractivity contribution in [2.75, 3.05) is 28.4 Å². The monoisotopic (exact) mass is 481 g/mol. The largest absolute Gasteiger partial charge is 0.519 e. The van der Waals surface area contributed by atoms with Gasteiger partial charge in [0.1, 0.15) is 5.75 Å². The van der Waals surface area contributed by atoms with Crippen molar-refractivity contribution in [1.82, 2.24) is 0 Å². The molecule has 182 valence electrons. The lowest BCUT2D eigenvalue weighted by molar-refractivity contribution is -0.384. The second kappa shape index (κ2) is 11.4. The van der Waals surface area contributed by atoms with Crippen molar-refractivity contribution in [1.29, 1.82) is 0 Å². The van der Waals surface area contributed by atoms with Crippen LogP contribution in [-0.2, 0) is 0 Å². The van der Waals surface area contributed by atoms with Crippen LogP contribution in [0.3, 0.4) is 0 Å². The van der Waals surface area contributed by atoms with Crippen molar-refractivity contribution in [3.8, 4) is 34.5 Å². The molecule has 0 N–H and O–H groups in total. The number of benzene rings is 3. The van der Waals surface area contributed by atoms with Crippen LogP contribution in [0.1, 0.15) is 11.1 Å². The maximum atomic E-state index is 12.3. The number of carbonyl (C=O) groups excluding carboxylic acids is 1. The van der Waals surface area contributed by atoms with E-state index in [-0.39, 0.29) is 17.2 Å². The fraction of sp³-hybridized carbons (Fsp3) is 0.160. The highest BCUT2D eigenvalue weighted by Gasteiger charge is 2.15. The quantitative estimate of drug-likeness (QED) is 0.131. The van der Waals surface area contributed by atoms with Crippen molar-refractivity contribution in [3.05, 3.63) is 75.8 Å². The molecular weight excluding hydrogens is 458 g/mol. The van der Waals surface area contributed by atoms with Gasteiger partial charge >= 0.3 is 6.16 Å². The summed E-state index contributed by atoms with van der Waals surface area (Å²) in [5, 5.41) is 10.8. The molecule has 3 aromatic carbocycles. The molecule has 0 aliphatic heterocycles. The minimum absolute atomic E-state index is 0.0954. The van der Waals surface area contributed by atoms with E-state index in [9.17, 15) is 14.9 Å². The fourth-order valence-corrected chi connectivity index (χ4v) is 3.11. The Hall–Kier alpha value is -4.73. The summed E-state index contributed by atoms with van der Waals surface area (Å²) < 4.78 is 31.7. The number of ether oxygens (including phenoxy) is 6. The van der Waals surface area contributed by atoms with Gasteiger partial charge in [-0.1, -0.05) is 18.2 Å². The summed E-state index contributed by atoms with van der Waals surface area (Å²) in [5.41, 5.74) is 1.37. The molecule has 35 heavy (non-hydrogen) atoms. The summed E-state index contributed by atoms with van der Waals surface area (Å²) in [6.07, 6.45) is 2.60. The maximum absolute atomic E-state index is 12.3. The molecule has 10 nitrogen and oxygen atoms in total. The maximum Gasteiger partial charge on any atom is 0.519 e. The zero-order valence-electron chi connectivity index (χ0n) is 19.5. The molecule has 0 fully saturated rings. The number of hydrogen-bond acceptors (Lipinski definition) is 9. The van der Waals surface area contributed by atoms with Gasteiger partial charge in [-0.2, -0.15) is 0 Å². The molecule has 0 aromatic heterocycles. The number of methoxy groups -OCH3 is 4. The topological polar surface area (TPSA) is 116 Å². The van der Waals surface area contributed by atoms with Gasteiger partial charge < -0.3 is 28.4 Å². The first-order valence-electron chi connectivity index (χ1n) is 10.2. The molecule has 0 unspecified atom stereocenters. The molecule has 0 heterocycles. The third kappa shape index (κ3) is 6.20. The number of carbonyl (C=O) groups is 1. The predicted octanol–water partition coefficient (Wildman–Crippen LogP) is 5.38. The van der Waals surface area contributed by atoms with Crippen molar-refractivity contribution in [2.24, 2.45) is 0 Å². The normalized spacial score (nSPS) is 10.5. The molecule has 0 radical (unpaired) electrons. The number of nitrogens with zero attached hydrogens (tertiary/aromatic N) is 1. The van der Waals surface area contributed by atoms with Gasteiger partial charge in [0.05, 0.1) is 33.4 Å². The first-order chi connectivity index (χ1) is 16.9. The van der Waals surface area contributed by atoms with Crippen LogP contribution < -0.4 is 28.4 Å². The second-order valence-corrected chi connectivity index (χ2v) is 6.91. The Bertz CT molecular complexity index is 1210. The average molecular weight is 481 g/mol. The third-order valence-corrected chi connectivity index (χ3v) is 4.78. The highest BCUT2D eigenvalue weighted by Crippen LogP contribution is 2.38. The molecule has 0 saturated heterocycles. The van der Waals surface area contributed by atoms with E-state index < -0.39 is 11.1 Å². The van der Waals surface area contributed by atoms with Crippen LogP contribution in [0.2, 0.25) is 0 Å². The van der Waals surface area contributed by atoms with E-state index >= 15 is 0 Å². The zero-order valence-corrected chi connectivity index (χ0v) is 19.5. The van der Waals surface area contributed by atoms with Gasteiger partial charge in [0.2, 0.25) is 5.75 Å². The minimum Gasteiger partial charge on any atom is -0.493 e. The molecule has 0 saturated carbocycles. The summed E-state index contributed by atoms with van der Waals surface area (Å²) in [6, 6.07) is 13.6. The molecule has 0 aliphatic carbocycles. The Kier molecular flexibility index (Phi) is 8.12. The molecule has 0 aliphatic rings. The molecule has 0 amide bonds. The van der Waals surface area contributed by atoms with Gasteiger partial charge in [0, 0.05) is 12.1 Å². The van der Waals surface area contributed by atoms with Crippen LogP contribution in [0.15, 0.2) is 54.6 Å². The summed E-state index contributed by atoms with van der Waals surface area (Å²) in [6.45, 7) is 0. The second-order valence-electron chi connectivity index (χ2n) is 6.91. The van der Waals surface area contributed by atoms with Crippen LogP contribution in [-0.4, -0.2) is 39.5 Å². The molecular formula is C25H23NO9. The summed E-state index contributed by atoms with van der Waals surface area (Å²) in [4.78, 5) is 22.5. The van der Waals surface area contributed by atoms with E-state index in [1.807, 2.05) is 6.08 Å². The van der Waals surface area contributed by atoms with Gasteiger partial charge in [-0.3, -0.25) is 10.1 Å². The number of nitro groups is 1. The van der Waals surface area contributed by atoms with E-state index in [1.165, 1.54) is 52.7 Å². The van der Waals surface area contributed by atoms with E-state index in [0.29, 0.717) is 28.6 Å². The van der Waals surface area contributed by atoms with E-state index in [0.717, 1.165) is 5.56 Å². The van der Waals surface area contributed by atoms with E-state index in [2.05, 4.69) is 0 Å². The summed E-state index contributed by atoms with van der Waals surface area (Å²) in [5.74, 6) is 2.05. The first-order valence-corrected chi connectivity index (χ1v) is 10.2. The van der Waals surface area contributed by atoms with Crippen LogP contribution in [0.25, 0.3) is 12.2 Å². The summed E-state index contributed by atoms with van der Waals surface area (Å²) in [7, 11) is 6.04. The van der Waals surface area contributed by atoms with Crippen LogP contribution in [0, 0.1) is 10.1 Å². The SMILES string of the molecule is COc1ccc(/C=C\c2cc(OC)c(OC)c(OC)c2)cc1OC(=O)Oc1ccc([N+](=O)[O-])cc1. The van der Waals surface area contributed by atoms with Gasteiger partial charge in [-0.25, -0.2) is 4.79 Å². The van der Waals surface area contributed by atoms with Crippen molar-refractivity contribution in [2.45, 2.75) is 0 Å². The van der Waals surface area contributed by atoms with Crippen molar-refractivity contribution < 1.29 is 38.1 Å².